The number of ether oxygens (including phenoxy) is 4. The molecule has 0 aliphatic rings. The van der Waals surface area contributed by atoms with Crippen LogP contribution in [0.4, 0.5) is 0 Å². The van der Waals surface area contributed by atoms with E-state index in [1.807, 2.05) is 21.1 Å². The average molecular weight is 909 g/mol. The van der Waals surface area contributed by atoms with Gasteiger partial charge in [-0.15, -0.1) is 0 Å². The predicted molar refractivity (Wildman–Crippen MR) is 272 cm³/mol. The molecule has 0 fully saturated rings. The summed E-state index contributed by atoms with van der Waals surface area (Å²) in [5, 5.41) is 9.60. The van der Waals surface area contributed by atoms with Gasteiger partial charge in [0.25, 0.3) is 6.29 Å². The summed E-state index contributed by atoms with van der Waals surface area (Å²) in [6, 6.07) is 0. The normalized spacial score (nSPS) is 13.7. The van der Waals surface area contributed by atoms with Crippen LogP contribution in [-0.2, 0) is 33.3 Å². The number of unbranched alkanes of at least 4 members (excludes halogenated alkanes) is 14. The molecule has 1 N–H and O–H groups in total. The van der Waals surface area contributed by atoms with Gasteiger partial charge in [-0.1, -0.05) is 188 Å². The van der Waals surface area contributed by atoms with Crippen molar-refractivity contribution in [3.8, 4) is 0 Å². The molecule has 370 valence electrons. The van der Waals surface area contributed by atoms with E-state index in [9.17, 15) is 19.5 Å². The summed E-state index contributed by atoms with van der Waals surface area (Å²) in [7, 11) is 5.94. The maximum atomic E-state index is 12.7. The highest BCUT2D eigenvalue weighted by atomic mass is 16.7. The number of esters is 2. The van der Waals surface area contributed by atoms with Crippen LogP contribution in [0.3, 0.4) is 0 Å². The zero-order valence-corrected chi connectivity index (χ0v) is 41.9. The molecule has 0 aromatic heterocycles. The first-order valence-electron chi connectivity index (χ1n) is 25.4. The van der Waals surface area contributed by atoms with Crippen molar-refractivity contribution in [3.05, 3.63) is 97.2 Å². The number of rotatable bonds is 45. The van der Waals surface area contributed by atoms with Crippen molar-refractivity contribution in [1.29, 1.82) is 0 Å². The fourth-order valence-corrected chi connectivity index (χ4v) is 6.44. The van der Waals surface area contributed by atoms with E-state index in [0.29, 0.717) is 23.9 Å². The highest BCUT2D eigenvalue weighted by molar-refractivity contribution is 5.71. The van der Waals surface area contributed by atoms with Crippen LogP contribution in [0, 0.1) is 0 Å². The third-order valence-electron chi connectivity index (χ3n) is 10.4. The number of nitrogens with zero attached hydrogens (tertiary/aromatic N) is 1. The van der Waals surface area contributed by atoms with Crippen LogP contribution in [-0.4, -0.2) is 87.4 Å². The third-order valence-corrected chi connectivity index (χ3v) is 10.4. The van der Waals surface area contributed by atoms with Crippen LogP contribution in [0.2, 0.25) is 0 Å². The summed E-state index contributed by atoms with van der Waals surface area (Å²) in [4.78, 5) is 36.8. The van der Waals surface area contributed by atoms with Crippen molar-refractivity contribution < 1.29 is 42.9 Å². The first-order valence-corrected chi connectivity index (χ1v) is 25.4. The van der Waals surface area contributed by atoms with Crippen molar-refractivity contribution in [2.75, 3.05) is 47.5 Å². The maximum absolute atomic E-state index is 12.7. The lowest BCUT2D eigenvalue weighted by Gasteiger charge is -2.25. The Morgan fingerprint density at radius 2 is 0.877 bits per heavy atom. The molecule has 0 aromatic rings. The average Bonchev–Trinajstić information content (AvgIpc) is 3.27. The van der Waals surface area contributed by atoms with Gasteiger partial charge in [-0.25, -0.2) is 4.79 Å². The highest BCUT2D eigenvalue weighted by Crippen LogP contribution is 2.14. The zero-order valence-electron chi connectivity index (χ0n) is 41.9. The fraction of sp³-hybridized carbons (Fsp3) is 0.661. The fourth-order valence-electron chi connectivity index (χ4n) is 6.44. The van der Waals surface area contributed by atoms with Crippen molar-refractivity contribution >= 4 is 17.9 Å². The lowest BCUT2D eigenvalue weighted by molar-refractivity contribution is -0.870. The molecule has 9 heteroatoms. The molecule has 2 unspecified atom stereocenters. The molecule has 0 amide bonds. The Balaban J connectivity index is 4.05. The molecule has 0 aliphatic heterocycles. The first kappa shape index (κ1) is 61.2. The molecule has 0 heterocycles. The first-order chi connectivity index (χ1) is 31.6. The van der Waals surface area contributed by atoms with E-state index in [4.69, 9.17) is 18.9 Å². The molecule has 0 saturated heterocycles. The minimum absolute atomic E-state index is 0.183. The van der Waals surface area contributed by atoms with Crippen LogP contribution < -0.4 is 0 Å². The van der Waals surface area contributed by atoms with Gasteiger partial charge in [0.2, 0.25) is 0 Å². The van der Waals surface area contributed by atoms with E-state index in [2.05, 4.69) is 111 Å². The van der Waals surface area contributed by atoms with Crippen LogP contribution >= 0.6 is 0 Å². The van der Waals surface area contributed by atoms with Crippen molar-refractivity contribution in [3.63, 3.8) is 0 Å². The van der Waals surface area contributed by atoms with Gasteiger partial charge in [-0.2, -0.15) is 0 Å². The standard InChI is InChI=1S/C56H93NO8/c1-6-8-10-12-13-14-15-16-17-18-19-20-21-22-23-24-25-26-27-28-29-30-31-32-33-34-35-36-37-38-39-40-41-43-45-47-54(59)65-52(50-63-53(58)46-44-42-11-9-7-2)51-64-56(55(60)61)62-49-48-57(3,4)5/h8,10,13-14,16-17,19-20,22-23,25-26,28-29,31-32,52,56H,6-7,9,11-12,15,18,21,24,27,30,33-51H2,1-5H3/p+1/b10-8-,14-13-,17-16-,20-19-,23-22-,26-25-,29-28-,32-31-. The second kappa shape index (κ2) is 46.7. The molecule has 0 rings (SSSR count). The smallest absolute Gasteiger partial charge is 0.361 e. The molecule has 9 nitrogen and oxygen atoms in total. The molecule has 2 atom stereocenters. The molecular formula is C56H94NO8+. The summed E-state index contributed by atoms with van der Waals surface area (Å²) >= 11 is 0. The summed E-state index contributed by atoms with van der Waals surface area (Å²) in [6.07, 6.45) is 59.6. The quantitative estimate of drug-likeness (QED) is 0.0212. The predicted octanol–water partition coefficient (Wildman–Crippen LogP) is 14.2. The number of carboxylic acid groups (broad SMARTS) is 1. The van der Waals surface area contributed by atoms with Gasteiger partial charge in [0.1, 0.15) is 13.2 Å². The Kier molecular flexibility index (Phi) is 44.0. The number of hydrogen-bond acceptors (Lipinski definition) is 7. The van der Waals surface area contributed by atoms with E-state index >= 15 is 0 Å². The maximum Gasteiger partial charge on any atom is 0.361 e. The molecule has 0 aliphatic carbocycles. The molecule has 65 heavy (non-hydrogen) atoms. The molecule has 0 radical (unpaired) electrons. The molecule has 0 spiro atoms. The van der Waals surface area contributed by atoms with E-state index in [-0.39, 0.29) is 32.2 Å². The van der Waals surface area contributed by atoms with E-state index < -0.39 is 24.3 Å². The second-order valence-corrected chi connectivity index (χ2v) is 17.8. The van der Waals surface area contributed by atoms with Crippen molar-refractivity contribution in [2.24, 2.45) is 0 Å². The number of carbonyl (C=O) groups excluding carboxylic acids is 2. The third kappa shape index (κ3) is 48.0. The summed E-state index contributed by atoms with van der Waals surface area (Å²) in [5.74, 6) is -2.04. The zero-order chi connectivity index (χ0) is 47.7. The highest BCUT2D eigenvalue weighted by Gasteiger charge is 2.25. The number of aliphatic carboxylic acids is 1. The van der Waals surface area contributed by atoms with E-state index in [1.165, 1.54) is 38.5 Å². The van der Waals surface area contributed by atoms with Gasteiger partial charge >= 0.3 is 17.9 Å². The van der Waals surface area contributed by atoms with Crippen LogP contribution in [0.15, 0.2) is 97.2 Å². The lowest BCUT2D eigenvalue weighted by atomic mass is 10.0. The van der Waals surface area contributed by atoms with Gasteiger partial charge in [0.15, 0.2) is 6.10 Å². The second-order valence-electron chi connectivity index (χ2n) is 17.8. The van der Waals surface area contributed by atoms with Crippen LogP contribution in [0.25, 0.3) is 0 Å². The summed E-state index contributed by atoms with van der Waals surface area (Å²) in [5.41, 5.74) is 0. The topological polar surface area (TPSA) is 108 Å². The van der Waals surface area contributed by atoms with Gasteiger partial charge in [-0.3, -0.25) is 9.59 Å². The van der Waals surface area contributed by atoms with Crippen molar-refractivity contribution in [2.45, 2.75) is 193 Å². The van der Waals surface area contributed by atoms with Gasteiger partial charge < -0.3 is 28.5 Å². The number of quaternary nitrogens is 1. The number of likely N-dealkylation sites (N-methyl/N-ethyl adjacent to an activating group) is 1. The number of hydrogen-bond donors (Lipinski definition) is 1. The monoisotopic (exact) mass is 909 g/mol. The van der Waals surface area contributed by atoms with Gasteiger partial charge in [0.05, 0.1) is 34.4 Å². The molecule has 0 bridgehead atoms. The minimum Gasteiger partial charge on any atom is -0.477 e. The molecular weight excluding hydrogens is 815 g/mol. The Labute approximate surface area is 397 Å². The van der Waals surface area contributed by atoms with E-state index in [1.54, 1.807) is 0 Å². The number of carbonyl (C=O) groups is 3. The van der Waals surface area contributed by atoms with Gasteiger partial charge in [0, 0.05) is 12.8 Å². The number of carboxylic acids is 1. The SMILES string of the molecule is CC/C=C\C/C=C\C/C=C\C/C=C\C/C=C\C/C=C\C/C=C\C/C=C\CCCCCCCCCCCCC(=O)OC(COC(=O)CCCCCCC)COC(OCC[N+](C)(C)C)C(=O)O. The number of allylic oxidation sites excluding steroid dienone is 16. The van der Waals surface area contributed by atoms with Crippen molar-refractivity contribution in [1.82, 2.24) is 0 Å². The Hall–Kier alpha value is -3.79. The van der Waals surface area contributed by atoms with E-state index in [0.717, 1.165) is 109 Å². The Morgan fingerprint density at radius 1 is 0.477 bits per heavy atom. The molecule has 0 aromatic carbocycles. The lowest BCUT2D eigenvalue weighted by Crippen LogP contribution is -2.40. The summed E-state index contributed by atoms with van der Waals surface area (Å²) in [6.45, 7) is 4.63. The Morgan fingerprint density at radius 3 is 1.31 bits per heavy atom. The molecule has 0 saturated carbocycles. The van der Waals surface area contributed by atoms with Gasteiger partial charge in [-0.05, 0) is 77.0 Å². The summed E-state index contributed by atoms with van der Waals surface area (Å²) < 4.78 is 22.6. The Bertz CT molecular complexity index is 1380. The van der Waals surface area contributed by atoms with Crippen LogP contribution in [0.1, 0.15) is 181 Å². The van der Waals surface area contributed by atoms with Crippen LogP contribution in [0.5, 0.6) is 0 Å². The largest absolute Gasteiger partial charge is 0.477 e. The minimum atomic E-state index is -1.51.